The third kappa shape index (κ3) is 1.86. The topological polar surface area (TPSA) is 4.93 Å². The fourth-order valence-corrected chi connectivity index (χ4v) is 3.92. The van der Waals surface area contributed by atoms with E-state index in [9.17, 15) is 4.39 Å². The van der Waals surface area contributed by atoms with E-state index in [0.717, 1.165) is 12.0 Å². The smallest absolute Gasteiger partial charge is 0.128 e. The lowest BCUT2D eigenvalue weighted by atomic mass is 10.1. The number of hydrogen-bond donors (Lipinski definition) is 0. The molecule has 0 aliphatic heterocycles. The molecule has 0 bridgehead atoms. The third-order valence-corrected chi connectivity index (χ3v) is 5.00. The molecular formula is C22H16FN. The predicted molar refractivity (Wildman–Crippen MR) is 95.7 cm³/mol. The first-order valence-electron chi connectivity index (χ1n) is 8.25. The molecule has 0 radical (unpaired) electrons. The summed E-state index contributed by atoms with van der Waals surface area (Å²) in [5.74, 6) is -0.143. The van der Waals surface area contributed by atoms with Gasteiger partial charge < -0.3 is 4.57 Å². The Morgan fingerprint density at radius 1 is 0.833 bits per heavy atom. The predicted octanol–water partition coefficient (Wildman–Crippen LogP) is 5.40. The van der Waals surface area contributed by atoms with Crippen molar-refractivity contribution in [2.45, 2.75) is 13.0 Å². The average Bonchev–Trinajstić information content (AvgIpc) is 3.13. The number of hydrogen-bond acceptors (Lipinski definition) is 0. The average molecular weight is 313 g/mol. The number of fused-ring (bicyclic) bond motifs is 5. The summed E-state index contributed by atoms with van der Waals surface area (Å²) in [6.07, 6.45) is 0.955. The van der Waals surface area contributed by atoms with E-state index in [1.807, 2.05) is 12.1 Å². The largest absolute Gasteiger partial charge is 0.336 e. The molecule has 0 spiro atoms. The van der Waals surface area contributed by atoms with E-state index in [1.165, 1.54) is 39.4 Å². The molecule has 1 heterocycles. The summed E-state index contributed by atoms with van der Waals surface area (Å²) in [5, 5.41) is 1.28. The molecule has 3 aromatic carbocycles. The second-order valence-electron chi connectivity index (χ2n) is 6.36. The molecule has 0 fully saturated rings. The lowest BCUT2D eigenvalue weighted by molar-refractivity contribution is 0.602. The first-order chi connectivity index (χ1) is 11.8. The molecule has 0 N–H and O–H groups in total. The van der Waals surface area contributed by atoms with Gasteiger partial charge in [0.05, 0.1) is 12.2 Å². The molecule has 1 nitrogen and oxygen atoms in total. The standard InChI is InChI=1S/C22H16FN/c23-20-11-5-2-8-16(20)14-24-21-12-6-4-10-18(21)19-13-15-7-1-3-9-17(15)22(19)24/h1-12H,13-14H2. The molecule has 0 unspecified atom stereocenters. The van der Waals surface area contributed by atoms with Gasteiger partial charge in [-0.05, 0) is 23.3 Å². The first-order valence-corrected chi connectivity index (χ1v) is 8.25. The van der Waals surface area contributed by atoms with Gasteiger partial charge in [-0.3, -0.25) is 0 Å². The molecule has 0 saturated carbocycles. The SMILES string of the molecule is Fc1ccccc1Cn1c2c(c3ccccc31)Cc1ccccc1-2. The lowest BCUT2D eigenvalue weighted by Crippen LogP contribution is -2.03. The van der Waals surface area contributed by atoms with Crippen LogP contribution >= 0.6 is 0 Å². The lowest BCUT2D eigenvalue weighted by Gasteiger charge is -2.12. The van der Waals surface area contributed by atoms with E-state index in [1.54, 1.807) is 6.07 Å². The summed E-state index contributed by atoms with van der Waals surface area (Å²) in [6, 6.07) is 24.1. The van der Waals surface area contributed by atoms with Crippen LogP contribution in [-0.4, -0.2) is 4.57 Å². The van der Waals surface area contributed by atoms with Gasteiger partial charge in [-0.2, -0.15) is 0 Å². The highest BCUT2D eigenvalue weighted by Crippen LogP contribution is 2.42. The van der Waals surface area contributed by atoms with Crippen molar-refractivity contribution in [3.8, 4) is 11.3 Å². The number of nitrogens with zero attached hydrogens (tertiary/aromatic N) is 1. The fraction of sp³-hybridized carbons (Fsp3) is 0.0909. The van der Waals surface area contributed by atoms with Crippen LogP contribution in [0.3, 0.4) is 0 Å². The van der Waals surface area contributed by atoms with Crippen molar-refractivity contribution in [1.29, 1.82) is 0 Å². The van der Waals surface area contributed by atoms with Crippen LogP contribution in [0.4, 0.5) is 4.39 Å². The Kier molecular flexibility index (Phi) is 2.86. The van der Waals surface area contributed by atoms with Crippen molar-refractivity contribution in [2.75, 3.05) is 0 Å². The number of aromatic nitrogens is 1. The minimum atomic E-state index is -0.143. The quantitative estimate of drug-likeness (QED) is 0.411. The highest BCUT2D eigenvalue weighted by molar-refractivity contribution is 5.95. The van der Waals surface area contributed by atoms with Crippen LogP contribution in [0.5, 0.6) is 0 Å². The van der Waals surface area contributed by atoms with Crippen molar-refractivity contribution < 1.29 is 4.39 Å². The van der Waals surface area contributed by atoms with Crippen LogP contribution in [0, 0.1) is 5.82 Å². The molecule has 24 heavy (non-hydrogen) atoms. The summed E-state index contributed by atoms with van der Waals surface area (Å²) in [6.45, 7) is 0.552. The number of halogens is 1. The first kappa shape index (κ1) is 13.6. The van der Waals surface area contributed by atoms with E-state index in [-0.39, 0.29) is 5.82 Å². The maximum Gasteiger partial charge on any atom is 0.128 e. The molecule has 1 aromatic heterocycles. The Morgan fingerprint density at radius 3 is 2.50 bits per heavy atom. The normalized spacial score (nSPS) is 12.4. The minimum absolute atomic E-state index is 0.143. The van der Waals surface area contributed by atoms with E-state index in [0.29, 0.717) is 6.54 Å². The maximum atomic E-state index is 14.2. The number of benzene rings is 3. The van der Waals surface area contributed by atoms with Gasteiger partial charge in [-0.15, -0.1) is 0 Å². The summed E-state index contributed by atoms with van der Waals surface area (Å²) in [4.78, 5) is 0. The Morgan fingerprint density at radius 2 is 1.58 bits per heavy atom. The van der Waals surface area contributed by atoms with Gasteiger partial charge in [0.25, 0.3) is 0 Å². The Bertz CT molecular complexity index is 1070. The molecule has 0 atom stereocenters. The summed E-state index contributed by atoms with van der Waals surface area (Å²) in [7, 11) is 0. The van der Waals surface area contributed by atoms with Crippen LogP contribution in [0.2, 0.25) is 0 Å². The highest BCUT2D eigenvalue weighted by atomic mass is 19.1. The summed E-state index contributed by atoms with van der Waals surface area (Å²) >= 11 is 0. The van der Waals surface area contributed by atoms with E-state index in [4.69, 9.17) is 0 Å². The maximum absolute atomic E-state index is 14.2. The molecule has 1 aliphatic rings. The van der Waals surface area contributed by atoms with Gasteiger partial charge in [-0.1, -0.05) is 60.7 Å². The molecule has 0 saturated heterocycles. The zero-order chi connectivity index (χ0) is 16.1. The van der Waals surface area contributed by atoms with Gasteiger partial charge in [0, 0.05) is 28.5 Å². The van der Waals surface area contributed by atoms with Gasteiger partial charge in [0.1, 0.15) is 5.82 Å². The van der Waals surface area contributed by atoms with Crippen molar-refractivity contribution >= 4 is 10.9 Å². The molecule has 1 aliphatic carbocycles. The van der Waals surface area contributed by atoms with Gasteiger partial charge in [0.15, 0.2) is 0 Å². The van der Waals surface area contributed by atoms with Crippen molar-refractivity contribution in [3.63, 3.8) is 0 Å². The van der Waals surface area contributed by atoms with Crippen molar-refractivity contribution in [2.24, 2.45) is 0 Å². The zero-order valence-electron chi connectivity index (χ0n) is 13.2. The second-order valence-corrected chi connectivity index (χ2v) is 6.36. The van der Waals surface area contributed by atoms with Crippen LogP contribution in [0.15, 0.2) is 72.8 Å². The van der Waals surface area contributed by atoms with Gasteiger partial charge >= 0.3 is 0 Å². The highest BCUT2D eigenvalue weighted by Gasteiger charge is 2.26. The van der Waals surface area contributed by atoms with Crippen LogP contribution in [0.1, 0.15) is 16.7 Å². The van der Waals surface area contributed by atoms with E-state index in [2.05, 4.69) is 53.1 Å². The number of rotatable bonds is 2. The molecule has 116 valence electrons. The molecule has 5 rings (SSSR count). The Labute approximate surface area is 140 Å². The third-order valence-electron chi connectivity index (χ3n) is 5.00. The van der Waals surface area contributed by atoms with Crippen molar-refractivity contribution in [3.05, 3.63) is 95.3 Å². The van der Waals surface area contributed by atoms with Gasteiger partial charge in [0.2, 0.25) is 0 Å². The molecular weight excluding hydrogens is 297 g/mol. The zero-order valence-corrected chi connectivity index (χ0v) is 13.2. The molecule has 0 amide bonds. The second kappa shape index (κ2) is 5.07. The Balaban J connectivity index is 1.79. The van der Waals surface area contributed by atoms with Crippen molar-refractivity contribution in [1.82, 2.24) is 4.57 Å². The summed E-state index contributed by atoms with van der Waals surface area (Å²) in [5.41, 5.74) is 7.15. The Hall–Kier alpha value is -2.87. The minimum Gasteiger partial charge on any atom is -0.336 e. The van der Waals surface area contributed by atoms with Crippen LogP contribution < -0.4 is 0 Å². The number of para-hydroxylation sites is 1. The van der Waals surface area contributed by atoms with Crippen LogP contribution in [0.25, 0.3) is 22.2 Å². The monoisotopic (exact) mass is 313 g/mol. The van der Waals surface area contributed by atoms with Crippen LogP contribution in [-0.2, 0) is 13.0 Å². The molecule has 4 aromatic rings. The summed E-state index contributed by atoms with van der Waals surface area (Å²) < 4.78 is 16.5. The molecule has 2 heteroatoms. The fourth-order valence-electron chi connectivity index (χ4n) is 3.92. The van der Waals surface area contributed by atoms with E-state index < -0.39 is 0 Å². The van der Waals surface area contributed by atoms with E-state index >= 15 is 0 Å². The van der Waals surface area contributed by atoms with Gasteiger partial charge in [-0.25, -0.2) is 4.39 Å².